The molecule has 4 nitrogen and oxygen atoms in total. The molecule has 0 rings (SSSR count). The Bertz CT molecular complexity index is 30.6. The predicted octanol–water partition coefficient (Wildman–Crippen LogP) is -0.000700. The molecule has 0 aromatic carbocycles. The number of amides is 1. The van der Waals surface area contributed by atoms with Gasteiger partial charge in [-0.25, -0.2) is 4.79 Å². The van der Waals surface area contributed by atoms with E-state index in [2.05, 4.69) is 5.73 Å². The van der Waals surface area contributed by atoms with Crippen LogP contribution in [0.3, 0.4) is 0 Å². The van der Waals surface area contributed by atoms with Gasteiger partial charge in [-0.3, -0.25) is 0 Å². The third kappa shape index (κ3) is 8.24. The summed E-state index contributed by atoms with van der Waals surface area (Å²) in [5.41, 5.74) is 4.03. The Balaban J connectivity index is 0. The van der Waals surface area contributed by atoms with Gasteiger partial charge in [0.2, 0.25) is 0 Å². The van der Waals surface area contributed by atoms with Gasteiger partial charge >= 0.3 is 6.09 Å². The van der Waals surface area contributed by atoms with Crippen LogP contribution in [0.1, 0.15) is 0 Å². The summed E-state index contributed by atoms with van der Waals surface area (Å²) in [6, 6.07) is 0. The number of nitrogens with two attached hydrogens (primary N) is 1. The minimum Gasteiger partial charge on any atom is -0.465 e. The minimum atomic E-state index is -1.33. The van der Waals surface area contributed by atoms with E-state index in [1.165, 1.54) is 0 Å². The molecule has 32 valence electrons. The minimum absolute atomic E-state index is 0. The summed E-state index contributed by atoms with van der Waals surface area (Å²) < 4.78 is 0. The fourth-order valence-electron chi connectivity index (χ4n) is 0. The molecular weight excluding hydrogens is 72.0 g/mol. The largest absolute Gasteiger partial charge is 0.465 e. The Morgan fingerprint density at radius 1 is 1.80 bits per heavy atom. The highest BCUT2D eigenvalue weighted by Crippen LogP contribution is 1.34. The topological polar surface area (TPSA) is 99.8 Å². The highest BCUT2D eigenvalue weighted by Gasteiger charge is 1.65. The number of carboxylic acid groups (broad SMARTS) is 1. The number of hydrogen-bond acceptors (Lipinski definition) is 1. The van der Waals surface area contributed by atoms with Crippen molar-refractivity contribution in [3.63, 3.8) is 0 Å². The lowest BCUT2D eigenvalue weighted by atomic mass is 11.3. The normalized spacial score (nSPS) is 4.80. The van der Waals surface area contributed by atoms with Crippen molar-refractivity contribution in [1.82, 2.24) is 6.15 Å². The van der Waals surface area contributed by atoms with E-state index in [0.717, 1.165) is 0 Å². The van der Waals surface area contributed by atoms with Crippen molar-refractivity contribution in [2.24, 2.45) is 5.73 Å². The van der Waals surface area contributed by atoms with E-state index in [0.29, 0.717) is 0 Å². The van der Waals surface area contributed by atoms with Crippen LogP contribution in [0.25, 0.3) is 0 Å². The molecule has 0 heterocycles. The molecule has 0 saturated carbocycles. The van der Waals surface area contributed by atoms with Gasteiger partial charge in [-0.1, -0.05) is 0 Å². The van der Waals surface area contributed by atoms with Crippen LogP contribution < -0.4 is 11.9 Å². The Hall–Kier alpha value is -0.770. The zero-order valence-electron chi connectivity index (χ0n) is 2.93. The van der Waals surface area contributed by atoms with Crippen molar-refractivity contribution < 1.29 is 9.90 Å². The van der Waals surface area contributed by atoms with Gasteiger partial charge < -0.3 is 17.0 Å². The molecular formula is CH7N2O2+. The fraction of sp³-hybridized carbons (Fsp3) is 0. The molecule has 0 radical (unpaired) electrons. The molecule has 0 fully saturated rings. The van der Waals surface area contributed by atoms with E-state index in [1.54, 1.807) is 0 Å². The fourth-order valence-corrected chi connectivity index (χ4v) is 0. The quantitative estimate of drug-likeness (QED) is 0.380. The van der Waals surface area contributed by atoms with Crippen LogP contribution in [0.2, 0.25) is 0 Å². The van der Waals surface area contributed by atoms with Crippen molar-refractivity contribution in [3.8, 4) is 0 Å². The smallest absolute Gasteiger partial charge is 0.402 e. The van der Waals surface area contributed by atoms with Gasteiger partial charge in [0.15, 0.2) is 0 Å². The molecule has 5 heavy (non-hydrogen) atoms. The lowest BCUT2D eigenvalue weighted by molar-refractivity contribution is 0.205. The molecule has 0 aliphatic heterocycles. The molecule has 1 amide bonds. The highest BCUT2D eigenvalue weighted by molar-refractivity contribution is 5.61. The first-order valence-corrected chi connectivity index (χ1v) is 0.716. The molecule has 7 N–H and O–H groups in total. The summed E-state index contributed by atoms with van der Waals surface area (Å²) in [5, 5.41) is 7.19. The monoisotopic (exact) mass is 79.1 g/mol. The van der Waals surface area contributed by atoms with Gasteiger partial charge in [-0.15, -0.1) is 0 Å². The number of hydrogen-bond donors (Lipinski definition) is 3. The van der Waals surface area contributed by atoms with Crippen LogP contribution in [-0.4, -0.2) is 11.2 Å². The van der Waals surface area contributed by atoms with E-state index in [-0.39, 0.29) is 6.15 Å². The summed E-state index contributed by atoms with van der Waals surface area (Å²) in [6.07, 6.45) is -1.33. The molecule has 0 unspecified atom stereocenters. The molecule has 4 heteroatoms. The van der Waals surface area contributed by atoms with Gasteiger partial charge in [-0.2, -0.15) is 0 Å². The zero-order valence-corrected chi connectivity index (χ0v) is 2.93. The summed E-state index contributed by atoms with van der Waals surface area (Å²) in [6.45, 7) is 0. The van der Waals surface area contributed by atoms with Crippen molar-refractivity contribution in [2.75, 3.05) is 0 Å². The van der Waals surface area contributed by atoms with E-state index >= 15 is 0 Å². The number of rotatable bonds is 0. The first-order valence-electron chi connectivity index (χ1n) is 0.716. The van der Waals surface area contributed by atoms with Crippen molar-refractivity contribution in [2.45, 2.75) is 0 Å². The Morgan fingerprint density at radius 2 is 1.80 bits per heavy atom. The molecule has 0 bridgehead atoms. The molecule has 0 aromatic heterocycles. The molecule has 0 aliphatic carbocycles. The van der Waals surface area contributed by atoms with Crippen LogP contribution in [0, 0.1) is 0 Å². The van der Waals surface area contributed by atoms with Crippen LogP contribution >= 0.6 is 0 Å². The number of primary amides is 1. The molecule has 0 aliphatic rings. The van der Waals surface area contributed by atoms with Gasteiger partial charge in [0.25, 0.3) is 0 Å². The average molecular weight is 79.1 g/mol. The Kier molecular flexibility index (Phi) is 5.73. The van der Waals surface area contributed by atoms with Gasteiger partial charge in [-0.05, 0) is 0 Å². The molecule has 0 aromatic rings. The Morgan fingerprint density at radius 3 is 1.80 bits per heavy atom. The SMILES string of the molecule is NC(=O)O.[NH4+]. The second-order valence-corrected chi connectivity index (χ2v) is 0.338. The maximum Gasteiger partial charge on any atom is 0.402 e. The van der Waals surface area contributed by atoms with Crippen molar-refractivity contribution in [3.05, 3.63) is 0 Å². The lowest BCUT2D eigenvalue weighted by Gasteiger charge is -1.61. The van der Waals surface area contributed by atoms with E-state index in [4.69, 9.17) is 9.90 Å². The highest BCUT2D eigenvalue weighted by atomic mass is 16.4. The molecule has 0 spiro atoms. The number of carbonyl (C=O) groups is 1. The van der Waals surface area contributed by atoms with Crippen molar-refractivity contribution >= 4 is 6.09 Å². The van der Waals surface area contributed by atoms with Gasteiger partial charge in [0, 0.05) is 0 Å². The molecule has 0 atom stereocenters. The van der Waals surface area contributed by atoms with Crippen LogP contribution in [0.4, 0.5) is 4.79 Å². The molecule has 0 saturated heterocycles. The summed E-state index contributed by atoms with van der Waals surface area (Å²) in [5.74, 6) is 0. The van der Waals surface area contributed by atoms with Crippen LogP contribution in [0.5, 0.6) is 0 Å². The first-order chi connectivity index (χ1) is 1.73. The number of quaternary nitrogens is 1. The van der Waals surface area contributed by atoms with Gasteiger partial charge in [0.05, 0.1) is 0 Å². The summed E-state index contributed by atoms with van der Waals surface area (Å²) in [7, 11) is 0. The van der Waals surface area contributed by atoms with Crippen LogP contribution in [0.15, 0.2) is 0 Å². The zero-order chi connectivity index (χ0) is 3.58. The van der Waals surface area contributed by atoms with Crippen LogP contribution in [-0.2, 0) is 0 Å². The van der Waals surface area contributed by atoms with E-state index in [9.17, 15) is 0 Å². The third-order valence-electron chi connectivity index (χ3n) is 0. The predicted molar refractivity (Wildman–Crippen MR) is 18.2 cm³/mol. The average Bonchev–Trinajstić information content (AvgIpc) is 0.811. The Labute approximate surface area is 29.2 Å². The van der Waals surface area contributed by atoms with E-state index < -0.39 is 6.09 Å². The van der Waals surface area contributed by atoms with Crippen molar-refractivity contribution in [1.29, 1.82) is 0 Å². The maximum absolute atomic E-state index is 8.78. The third-order valence-corrected chi connectivity index (χ3v) is 0. The lowest BCUT2D eigenvalue weighted by Crippen LogP contribution is -2.03. The standard InChI is InChI=1S/CH3NO2.H3N/c2-1(3)4;/h2H2,(H,3,4);1H3/p+1. The summed E-state index contributed by atoms with van der Waals surface area (Å²) >= 11 is 0. The second kappa shape index (κ2) is 3.23. The maximum atomic E-state index is 8.78. The summed E-state index contributed by atoms with van der Waals surface area (Å²) in [4.78, 5) is 8.78. The first kappa shape index (κ1) is 8.87. The van der Waals surface area contributed by atoms with E-state index in [1.807, 2.05) is 0 Å². The second-order valence-electron chi connectivity index (χ2n) is 0.338. The van der Waals surface area contributed by atoms with Gasteiger partial charge in [0.1, 0.15) is 0 Å².